The molecule has 1 aliphatic rings. The van der Waals surface area contributed by atoms with Crippen molar-refractivity contribution in [1.82, 2.24) is 5.32 Å². The normalized spacial score (nSPS) is 15.2. The molecule has 1 aromatic heterocycles. The number of dihydropyridines is 1. The Hall–Kier alpha value is -3.80. The quantitative estimate of drug-likeness (QED) is 0.356. The van der Waals surface area contributed by atoms with Gasteiger partial charge < -0.3 is 16.0 Å². The smallest absolute Gasteiger partial charge is 0.254 e. The van der Waals surface area contributed by atoms with E-state index >= 15 is 0 Å². The molecule has 0 unspecified atom stereocenters. The zero-order valence-corrected chi connectivity index (χ0v) is 21.8. The second-order valence-electron chi connectivity index (χ2n) is 8.44. The minimum Gasteiger partial charge on any atom is -0.353 e. The van der Waals surface area contributed by atoms with E-state index in [0.717, 1.165) is 27.4 Å². The Morgan fingerprint density at radius 1 is 1.06 bits per heavy atom. The number of nitrogens with one attached hydrogen (secondary N) is 3. The Morgan fingerprint density at radius 3 is 2.56 bits per heavy atom. The number of benzene rings is 2. The molecule has 36 heavy (non-hydrogen) atoms. The van der Waals surface area contributed by atoms with E-state index < -0.39 is 5.92 Å². The molecule has 2 aromatic carbocycles. The number of hydrogen-bond acceptors (Lipinski definition) is 6. The molecule has 3 N–H and O–H groups in total. The number of para-hydroxylation sites is 1. The number of aryl methyl sites for hydroxylation is 2. The fraction of sp³-hybridized carbons (Fsp3) is 0.179. The van der Waals surface area contributed by atoms with Crippen molar-refractivity contribution in [3.8, 4) is 6.07 Å². The topological polar surface area (TPSA) is 94.0 Å². The van der Waals surface area contributed by atoms with Gasteiger partial charge >= 0.3 is 0 Å². The van der Waals surface area contributed by atoms with Crippen molar-refractivity contribution in [3.63, 3.8) is 0 Å². The van der Waals surface area contributed by atoms with E-state index in [2.05, 4.69) is 22.0 Å². The standard InChI is InChI=1S/C28H26N4O2S2/c1-17-8-6-10-20(14-17)31-24(33)16-36-28-21(15-29)26(23-12-7-13-35-23)25(19(3)30-28)27(34)32-22-11-5-4-9-18(22)2/h4-14,26,30H,16H2,1-3H3,(H,31,33)(H,32,34)/t26-/m0/s1. The number of rotatable bonds is 7. The fourth-order valence-corrected chi connectivity index (χ4v) is 5.76. The summed E-state index contributed by atoms with van der Waals surface area (Å²) in [4.78, 5) is 27.0. The first kappa shape index (κ1) is 25.3. The number of anilines is 2. The molecule has 1 atom stereocenters. The summed E-state index contributed by atoms with van der Waals surface area (Å²) >= 11 is 2.75. The highest BCUT2D eigenvalue weighted by Crippen LogP contribution is 2.42. The average molecular weight is 515 g/mol. The van der Waals surface area contributed by atoms with Gasteiger partial charge in [0.25, 0.3) is 5.91 Å². The summed E-state index contributed by atoms with van der Waals surface area (Å²) in [6.07, 6.45) is 0. The van der Waals surface area contributed by atoms with E-state index in [0.29, 0.717) is 21.9 Å². The largest absolute Gasteiger partial charge is 0.353 e. The van der Waals surface area contributed by atoms with Gasteiger partial charge in [0.15, 0.2) is 0 Å². The summed E-state index contributed by atoms with van der Waals surface area (Å²) in [7, 11) is 0. The van der Waals surface area contributed by atoms with Gasteiger partial charge in [-0.3, -0.25) is 9.59 Å². The summed E-state index contributed by atoms with van der Waals surface area (Å²) in [5, 5.41) is 21.8. The SMILES string of the molecule is CC1=C(C(=O)Nc2ccccc2C)[C@H](c2cccs2)C(C#N)=C(SCC(=O)Nc2cccc(C)c2)N1. The lowest BCUT2D eigenvalue weighted by molar-refractivity contribution is -0.114. The maximum atomic E-state index is 13.5. The summed E-state index contributed by atoms with van der Waals surface area (Å²) in [6, 6.07) is 21.3. The molecule has 6 nitrogen and oxygen atoms in total. The number of carbonyl (C=O) groups excluding carboxylic acids is 2. The molecule has 0 saturated heterocycles. The first-order valence-corrected chi connectivity index (χ1v) is 13.3. The molecule has 3 aromatic rings. The maximum absolute atomic E-state index is 13.5. The van der Waals surface area contributed by atoms with Gasteiger partial charge in [-0.25, -0.2) is 0 Å². The molecule has 0 radical (unpaired) electrons. The number of allylic oxidation sites excluding steroid dienone is 2. The van der Waals surface area contributed by atoms with E-state index in [1.807, 2.05) is 86.8 Å². The van der Waals surface area contributed by atoms with Crippen LogP contribution in [0.1, 0.15) is 28.8 Å². The summed E-state index contributed by atoms with van der Waals surface area (Å²) in [5.74, 6) is -0.838. The lowest BCUT2D eigenvalue weighted by Gasteiger charge is -2.29. The predicted molar refractivity (Wildman–Crippen MR) is 148 cm³/mol. The third kappa shape index (κ3) is 5.70. The van der Waals surface area contributed by atoms with Crippen LogP contribution in [-0.2, 0) is 9.59 Å². The van der Waals surface area contributed by atoms with Crippen molar-refractivity contribution in [2.45, 2.75) is 26.7 Å². The average Bonchev–Trinajstić information content (AvgIpc) is 3.38. The molecule has 8 heteroatoms. The predicted octanol–water partition coefficient (Wildman–Crippen LogP) is 6.07. The van der Waals surface area contributed by atoms with Crippen LogP contribution in [-0.4, -0.2) is 17.6 Å². The highest BCUT2D eigenvalue weighted by atomic mass is 32.2. The molecule has 0 spiro atoms. The Kier molecular flexibility index (Phi) is 7.93. The number of hydrogen-bond donors (Lipinski definition) is 3. The van der Waals surface area contributed by atoms with Crippen molar-refractivity contribution < 1.29 is 9.59 Å². The van der Waals surface area contributed by atoms with Gasteiger partial charge in [0.1, 0.15) is 0 Å². The van der Waals surface area contributed by atoms with Gasteiger partial charge in [0, 0.05) is 27.5 Å². The Bertz CT molecular complexity index is 1400. The number of nitrogens with zero attached hydrogens (tertiary/aromatic N) is 1. The number of thiophene rings is 1. The molecule has 2 heterocycles. The molecular formula is C28H26N4O2S2. The maximum Gasteiger partial charge on any atom is 0.254 e. The Morgan fingerprint density at radius 2 is 1.86 bits per heavy atom. The second-order valence-corrected chi connectivity index (χ2v) is 10.4. The zero-order valence-electron chi connectivity index (χ0n) is 20.2. The summed E-state index contributed by atoms with van der Waals surface area (Å²) in [5.41, 5.74) is 5.03. The third-order valence-electron chi connectivity index (χ3n) is 5.76. The van der Waals surface area contributed by atoms with Crippen LogP contribution in [0.3, 0.4) is 0 Å². The zero-order chi connectivity index (χ0) is 25.7. The van der Waals surface area contributed by atoms with Gasteiger partial charge in [-0.15, -0.1) is 11.3 Å². The minimum atomic E-state index is -0.525. The first-order chi connectivity index (χ1) is 17.4. The Balaban J connectivity index is 1.59. The van der Waals surface area contributed by atoms with Crippen LogP contribution in [0.25, 0.3) is 0 Å². The molecule has 0 aliphatic carbocycles. The highest BCUT2D eigenvalue weighted by Gasteiger charge is 2.35. The highest BCUT2D eigenvalue weighted by molar-refractivity contribution is 8.03. The second kappa shape index (κ2) is 11.3. The van der Waals surface area contributed by atoms with Gasteiger partial charge in [0.05, 0.1) is 28.3 Å². The Labute approximate surface area is 219 Å². The van der Waals surface area contributed by atoms with Crippen LogP contribution in [0.5, 0.6) is 0 Å². The number of nitriles is 1. The summed E-state index contributed by atoms with van der Waals surface area (Å²) in [6.45, 7) is 5.73. The van der Waals surface area contributed by atoms with E-state index in [9.17, 15) is 14.9 Å². The van der Waals surface area contributed by atoms with E-state index in [1.165, 1.54) is 23.1 Å². The number of amides is 2. The molecule has 2 amide bonds. The van der Waals surface area contributed by atoms with Crippen LogP contribution in [0.2, 0.25) is 0 Å². The van der Waals surface area contributed by atoms with Crippen LogP contribution >= 0.6 is 23.1 Å². The molecule has 0 fully saturated rings. The minimum absolute atomic E-state index is 0.122. The molecule has 182 valence electrons. The van der Waals surface area contributed by atoms with E-state index in [-0.39, 0.29) is 17.6 Å². The van der Waals surface area contributed by atoms with Crippen LogP contribution in [0.4, 0.5) is 11.4 Å². The van der Waals surface area contributed by atoms with Crippen LogP contribution < -0.4 is 16.0 Å². The third-order valence-corrected chi connectivity index (χ3v) is 7.72. The molecule has 0 saturated carbocycles. The monoisotopic (exact) mass is 514 g/mol. The molecular weight excluding hydrogens is 488 g/mol. The van der Waals surface area contributed by atoms with Gasteiger partial charge in [-0.1, -0.05) is 48.2 Å². The lowest BCUT2D eigenvalue weighted by Crippen LogP contribution is -2.31. The number of carbonyl (C=O) groups is 2. The fourth-order valence-electron chi connectivity index (χ4n) is 4.03. The molecule has 4 rings (SSSR count). The van der Waals surface area contributed by atoms with Gasteiger partial charge in [0.2, 0.25) is 5.91 Å². The molecule has 1 aliphatic heterocycles. The van der Waals surface area contributed by atoms with Crippen molar-refractivity contribution in [3.05, 3.63) is 104 Å². The van der Waals surface area contributed by atoms with Crippen molar-refractivity contribution in [1.29, 1.82) is 5.26 Å². The van der Waals surface area contributed by atoms with E-state index in [1.54, 1.807) is 0 Å². The first-order valence-electron chi connectivity index (χ1n) is 11.4. The van der Waals surface area contributed by atoms with Gasteiger partial charge in [-0.05, 0) is 61.5 Å². The lowest BCUT2D eigenvalue weighted by atomic mass is 9.86. The number of thioether (sulfide) groups is 1. The van der Waals surface area contributed by atoms with Crippen molar-refractivity contribution in [2.75, 3.05) is 16.4 Å². The van der Waals surface area contributed by atoms with Gasteiger partial charge in [-0.2, -0.15) is 5.26 Å². The van der Waals surface area contributed by atoms with Crippen molar-refractivity contribution >= 4 is 46.3 Å². The summed E-state index contributed by atoms with van der Waals surface area (Å²) < 4.78 is 0. The molecule has 0 bridgehead atoms. The van der Waals surface area contributed by atoms with E-state index in [4.69, 9.17) is 0 Å². The van der Waals surface area contributed by atoms with Crippen LogP contribution in [0, 0.1) is 25.2 Å². The van der Waals surface area contributed by atoms with Crippen LogP contribution in [0.15, 0.2) is 87.9 Å². The van der Waals surface area contributed by atoms with Crippen molar-refractivity contribution in [2.24, 2.45) is 0 Å².